The molecule has 1 N–H and O–H groups in total. The van der Waals surface area contributed by atoms with E-state index in [0.717, 1.165) is 16.3 Å². The van der Waals surface area contributed by atoms with Crippen LogP contribution in [0.1, 0.15) is 21.7 Å². The zero-order chi connectivity index (χ0) is 17.8. The topological polar surface area (TPSA) is 88.3 Å². The second-order valence-electron chi connectivity index (χ2n) is 5.62. The molecule has 25 heavy (non-hydrogen) atoms. The van der Waals surface area contributed by atoms with Gasteiger partial charge in [-0.25, -0.2) is 4.79 Å². The monoisotopic (exact) mass is 339 g/mol. The maximum Gasteiger partial charge on any atom is 0.328 e. The summed E-state index contributed by atoms with van der Waals surface area (Å²) in [5, 5.41) is 0. The second-order valence-corrected chi connectivity index (χ2v) is 5.62. The molecule has 0 unspecified atom stereocenters. The van der Waals surface area contributed by atoms with Gasteiger partial charge in [-0.2, -0.15) is 0 Å². The van der Waals surface area contributed by atoms with Gasteiger partial charge in [0.05, 0.1) is 12.8 Å². The molecule has 128 valence electrons. The zero-order valence-corrected chi connectivity index (χ0v) is 13.6. The summed E-state index contributed by atoms with van der Waals surface area (Å²) in [5.41, 5.74) is -0.392. The van der Waals surface area contributed by atoms with E-state index in [1.54, 1.807) is 19.2 Å². The smallest absolute Gasteiger partial charge is 0.328 e. The van der Waals surface area contributed by atoms with Crippen molar-refractivity contribution in [1.29, 1.82) is 0 Å². The van der Waals surface area contributed by atoms with Gasteiger partial charge < -0.3 is 14.3 Å². The molecule has 0 bridgehead atoms. The molecule has 3 aromatic rings. The van der Waals surface area contributed by atoms with Gasteiger partial charge in [-0.3, -0.25) is 14.2 Å². The molecule has 0 aliphatic carbocycles. The summed E-state index contributed by atoms with van der Waals surface area (Å²) in [6.45, 7) is 0.321. The fraction of sp³-hybridized carbons (Fsp3) is 0.167. The van der Waals surface area contributed by atoms with E-state index >= 15 is 0 Å². The van der Waals surface area contributed by atoms with Crippen molar-refractivity contribution in [3.8, 4) is 0 Å². The number of nitrogens with one attached hydrogen (secondary N) is 1. The highest BCUT2D eigenvalue weighted by molar-refractivity contribution is 5.93. The zero-order valence-electron chi connectivity index (χ0n) is 13.6. The average Bonchev–Trinajstić information content (AvgIpc) is 3.12. The van der Waals surface area contributed by atoms with Crippen molar-refractivity contribution >= 4 is 5.91 Å². The molecule has 3 rings (SSSR count). The molecule has 7 nitrogen and oxygen atoms in total. The lowest BCUT2D eigenvalue weighted by atomic mass is 10.2. The molecule has 2 heterocycles. The van der Waals surface area contributed by atoms with E-state index in [9.17, 15) is 14.4 Å². The van der Waals surface area contributed by atoms with Gasteiger partial charge in [-0.1, -0.05) is 30.3 Å². The molecule has 0 aliphatic rings. The van der Waals surface area contributed by atoms with Crippen LogP contribution in [0, 0.1) is 0 Å². The number of aromatic amines is 1. The first kappa shape index (κ1) is 16.5. The summed E-state index contributed by atoms with van der Waals surface area (Å²) in [6.07, 6.45) is 2.62. The molecule has 0 atom stereocenters. The number of carbonyl (C=O) groups excluding carboxylic acids is 1. The Balaban J connectivity index is 1.88. The number of hydrogen-bond acceptors (Lipinski definition) is 4. The van der Waals surface area contributed by atoms with Gasteiger partial charge in [-0.15, -0.1) is 0 Å². The number of carbonyl (C=O) groups is 1. The maximum atomic E-state index is 12.6. The third-order valence-electron chi connectivity index (χ3n) is 3.79. The Labute approximate surface area is 143 Å². The summed E-state index contributed by atoms with van der Waals surface area (Å²) < 4.78 is 6.11. The van der Waals surface area contributed by atoms with Gasteiger partial charge in [0.1, 0.15) is 11.3 Å². The summed E-state index contributed by atoms with van der Waals surface area (Å²) in [6, 6.07) is 12.8. The van der Waals surface area contributed by atoms with Gasteiger partial charge in [0.15, 0.2) is 0 Å². The Kier molecular flexibility index (Phi) is 4.65. The fourth-order valence-corrected chi connectivity index (χ4v) is 2.50. The summed E-state index contributed by atoms with van der Waals surface area (Å²) in [4.78, 5) is 41.0. The quantitative estimate of drug-likeness (QED) is 0.762. The predicted molar refractivity (Wildman–Crippen MR) is 91.4 cm³/mol. The van der Waals surface area contributed by atoms with Crippen LogP contribution in [0.25, 0.3) is 0 Å². The van der Waals surface area contributed by atoms with Gasteiger partial charge >= 0.3 is 5.69 Å². The fourth-order valence-electron chi connectivity index (χ4n) is 2.50. The van der Waals surface area contributed by atoms with Crippen molar-refractivity contribution in [2.24, 2.45) is 0 Å². The number of H-pyrrole nitrogens is 1. The van der Waals surface area contributed by atoms with Gasteiger partial charge in [-0.05, 0) is 17.7 Å². The third-order valence-corrected chi connectivity index (χ3v) is 3.79. The lowest BCUT2D eigenvalue weighted by molar-refractivity contribution is 0.0782. The Morgan fingerprint density at radius 2 is 1.92 bits per heavy atom. The van der Waals surface area contributed by atoms with Crippen LogP contribution in [0.4, 0.5) is 0 Å². The van der Waals surface area contributed by atoms with E-state index in [-0.39, 0.29) is 12.1 Å². The second kappa shape index (κ2) is 7.04. The largest absolute Gasteiger partial charge is 0.467 e. The van der Waals surface area contributed by atoms with Crippen molar-refractivity contribution in [3.05, 3.63) is 92.6 Å². The van der Waals surface area contributed by atoms with Crippen molar-refractivity contribution < 1.29 is 9.21 Å². The molecular weight excluding hydrogens is 322 g/mol. The number of furan rings is 1. The highest BCUT2D eigenvalue weighted by Gasteiger charge is 2.19. The molecule has 0 spiro atoms. The Morgan fingerprint density at radius 1 is 1.16 bits per heavy atom. The summed E-state index contributed by atoms with van der Waals surface area (Å²) >= 11 is 0. The predicted octanol–water partition coefficient (Wildman–Crippen LogP) is 1.45. The number of rotatable bonds is 5. The first-order valence-corrected chi connectivity index (χ1v) is 7.70. The van der Waals surface area contributed by atoms with E-state index in [1.165, 1.54) is 11.2 Å². The molecule has 0 radical (unpaired) electrons. The minimum atomic E-state index is -0.648. The van der Waals surface area contributed by atoms with E-state index in [1.807, 2.05) is 30.3 Å². The van der Waals surface area contributed by atoms with Crippen molar-refractivity contribution in [2.75, 3.05) is 7.05 Å². The minimum Gasteiger partial charge on any atom is -0.467 e. The number of hydrogen-bond donors (Lipinski definition) is 1. The molecule has 0 aliphatic heterocycles. The summed E-state index contributed by atoms with van der Waals surface area (Å²) in [7, 11) is 1.61. The molecule has 7 heteroatoms. The highest BCUT2D eigenvalue weighted by atomic mass is 16.3. The highest BCUT2D eigenvalue weighted by Crippen LogP contribution is 2.06. The minimum absolute atomic E-state index is 0.0370. The lowest BCUT2D eigenvalue weighted by Crippen LogP contribution is -2.41. The molecule has 2 aromatic heterocycles. The van der Waals surface area contributed by atoms with Gasteiger partial charge in [0, 0.05) is 19.8 Å². The van der Waals surface area contributed by atoms with Crippen LogP contribution in [-0.2, 0) is 13.1 Å². The molecule has 1 amide bonds. The lowest BCUT2D eigenvalue weighted by Gasteiger charge is -2.17. The van der Waals surface area contributed by atoms with E-state index in [0.29, 0.717) is 12.3 Å². The normalized spacial score (nSPS) is 10.6. The summed E-state index contributed by atoms with van der Waals surface area (Å²) in [5.74, 6) is -0.00635. The van der Waals surface area contributed by atoms with E-state index in [4.69, 9.17) is 4.42 Å². The number of aromatic nitrogens is 2. The van der Waals surface area contributed by atoms with Crippen LogP contribution in [0.15, 0.2) is 68.9 Å². The molecule has 0 saturated heterocycles. The maximum absolute atomic E-state index is 12.6. The molecule has 1 aromatic carbocycles. The number of nitrogens with zero attached hydrogens (tertiary/aromatic N) is 2. The van der Waals surface area contributed by atoms with Crippen LogP contribution < -0.4 is 11.2 Å². The van der Waals surface area contributed by atoms with Crippen LogP contribution in [0.5, 0.6) is 0 Å². The SMILES string of the molecule is CN(Cc1ccccc1)C(=O)c1c[nH]c(=O)n(Cc2ccco2)c1=O. The Morgan fingerprint density at radius 3 is 2.60 bits per heavy atom. The van der Waals surface area contributed by atoms with Crippen LogP contribution >= 0.6 is 0 Å². The van der Waals surface area contributed by atoms with Crippen molar-refractivity contribution in [1.82, 2.24) is 14.5 Å². The van der Waals surface area contributed by atoms with E-state index in [2.05, 4.69) is 4.98 Å². The van der Waals surface area contributed by atoms with Crippen LogP contribution in [0.2, 0.25) is 0 Å². The Hall–Kier alpha value is -3.35. The van der Waals surface area contributed by atoms with Crippen molar-refractivity contribution in [3.63, 3.8) is 0 Å². The van der Waals surface area contributed by atoms with Gasteiger partial charge in [0.25, 0.3) is 11.5 Å². The number of benzene rings is 1. The van der Waals surface area contributed by atoms with E-state index < -0.39 is 17.2 Å². The van der Waals surface area contributed by atoms with Crippen molar-refractivity contribution in [2.45, 2.75) is 13.1 Å². The van der Waals surface area contributed by atoms with Gasteiger partial charge in [0.2, 0.25) is 0 Å². The first-order valence-electron chi connectivity index (χ1n) is 7.70. The van der Waals surface area contributed by atoms with Crippen LogP contribution in [0.3, 0.4) is 0 Å². The van der Waals surface area contributed by atoms with Crippen LogP contribution in [-0.4, -0.2) is 27.4 Å². The third kappa shape index (κ3) is 3.60. The standard InChI is InChI=1S/C18H17N3O4/c1-20(11-13-6-3-2-4-7-13)16(22)15-10-19-18(24)21(17(15)23)12-14-8-5-9-25-14/h2-10H,11-12H2,1H3,(H,19,24). The average molecular weight is 339 g/mol. The Bertz CT molecular complexity index is 972. The first-order chi connectivity index (χ1) is 12.1. The molecule has 0 fully saturated rings. The molecule has 0 saturated carbocycles. The molecular formula is C18H17N3O4. The number of amides is 1.